The highest BCUT2D eigenvalue weighted by Gasteiger charge is 2.40. The molecule has 0 spiro atoms. The van der Waals surface area contributed by atoms with E-state index >= 15 is 0 Å². The van der Waals surface area contributed by atoms with Crippen LogP contribution >= 0.6 is 0 Å². The topological polar surface area (TPSA) is 35.5 Å². The summed E-state index contributed by atoms with van der Waals surface area (Å²) >= 11 is 0. The largest absolute Gasteiger partial charge is 0.394 e. The first kappa shape index (κ1) is 15.8. The van der Waals surface area contributed by atoms with Gasteiger partial charge < -0.3 is 15.3 Å². The Morgan fingerprint density at radius 3 is 2.52 bits per heavy atom. The van der Waals surface area contributed by atoms with E-state index in [1.54, 1.807) is 0 Å². The van der Waals surface area contributed by atoms with Gasteiger partial charge in [0.15, 0.2) is 0 Å². The Morgan fingerprint density at radius 1 is 1.24 bits per heavy atom. The molecule has 0 amide bonds. The second-order valence-electron chi connectivity index (χ2n) is 8.57. The molecule has 3 rings (SSSR count). The highest BCUT2D eigenvalue weighted by Crippen LogP contribution is 2.48. The van der Waals surface area contributed by atoms with Crippen LogP contribution in [0.15, 0.2) is 0 Å². The van der Waals surface area contributed by atoms with Crippen LogP contribution in [0.2, 0.25) is 0 Å². The fourth-order valence-corrected chi connectivity index (χ4v) is 4.85. The minimum absolute atomic E-state index is 0.108. The third-order valence-electron chi connectivity index (χ3n) is 6.38. The second-order valence-corrected chi connectivity index (χ2v) is 8.57. The van der Waals surface area contributed by atoms with E-state index in [0.717, 1.165) is 24.2 Å². The van der Waals surface area contributed by atoms with Crippen LogP contribution in [0.5, 0.6) is 0 Å². The number of nitrogens with zero attached hydrogens (tertiary/aromatic N) is 1. The molecule has 3 aliphatic rings. The summed E-state index contributed by atoms with van der Waals surface area (Å²) in [5.74, 6) is 2.99. The molecule has 3 saturated carbocycles. The summed E-state index contributed by atoms with van der Waals surface area (Å²) in [6.07, 6.45) is 9.56. The van der Waals surface area contributed by atoms with Gasteiger partial charge in [-0.25, -0.2) is 0 Å². The Balaban J connectivity index is 1.48. The molecule has 2 bridgehead atoms. The maximum absolute atomic E-state index is 9.78. The zero-order chi connectivity index (χ0) is 15.0. The summed E-state index contributed by atoms with van der Waals surface area (Å²) in [6.45, 7) is 6.02. The molecule has 0 aliphatic heterocycles. The van der Waals surface area contributed by atoms with Crippen LogP contribution in [0.1, 0.15) is 58.8 Å². The van der Waals surface area contributed by atoms with Gasteiger partial charge in [-0.05, 0) is 77.2 Å². The highest BCUT2D eigenvalue weighted by molar-refractivity contribution is 4.95. The van der Waals surface area contributed by atoms with E-state index < -0.39 is 0 Å². The van der Waals surface area contributed by atoms with Gasteiger partial charge in [0.25, 0.3) is 0 Å². The molecule has 5 atom stereocenters. The summed E-state index contributed by atoms with van der Waals surface area (Å²) in [6, 6.07) is 1.19. The van der Waals surface area contributed by atoms with Crippen molar-refractivity contribution in [2.24, 2.45) is 17.8 Å². The van der Waals surface area contributed by atoms with E-state index in [9.17, 15) is 5.11 Å². The minimum atomic E-state index is -0.108. The van der Waals surface area contributed by atoms with E-state index in [1.165, 1.54) is 45.1 Å². The standard InChI is InChI=1S/C18H34N2O/c1-13(10-18(2,12-21)19-17-6-7-17)20(3)11-16-9-14-4-5-15(16)8-14/h13-17,19,21H,4-12H2,1-3H3. The van der Waals surface area contributed by atoms with Crippen molar-refractivity contribution >= 4 is 0 Å². The van der Waals surface area contributed by atoms with Gasteiger partial charge in [-0.3, -0.25) is 0 Å². The van der Waals surface area contributed by atoms with Crippen LogP contribution in [-0.4, -0.2) is 47.8 Å². The first-order valence-corrected chi connectivity index (χ1v) is 9.08. The van der Waals surface area contributed by atoms with Crippen molar-refractivity contribution < 1.29 is 5.11 Å². The third kappa shape index (κ3) is 3.80. The van der Waals surface area contributed by atoms with Gasteiger partial charge >= 0.3 is 0 Å². The van der Waals surface area contributed by atoms with E-state index in [1.807, 2.05) is 0 Å². The SMILES string of the molecule is CC(CC(C)(CO)NC1CC1)N(C)CC1CC2CCC1C2. The van der Waals surface area contributed by atoms with E-state index in [4.69, 9.17) is 0 Å². The van der Waals surface area contributed by atoms with E-state index in [2.05, 4.69) is 31.1 Å². The highest BCUT2D eigenvalue weighted by atomic mass is 16.3. The molecule has 5 unspecified atom stereocenters. The molecule has 3 heteroatoms. The van der Waals surface area contributed by atoms with Gasteiger partial charge in [0, 0.05) is 24.2 Å². The minimum Gasteiger partial charge on any atom is -0.394 e. The molecular formula is C18H34N2O. The molecule has 0 heterocycles. The number of nitrogens with one attached hydrogen (secondary N) is 1. The molecule has 0 radical (unpaired) electrons. The Morgan fingerprint density at radius 2 is 2.00 bits per heavy atom. The molecule has 21 heavy (non-hydrogen) atoms. The predicted molar refractivity (Wildman–Crippen MR) is 87.3 cm³/mol. The van der Waals surface area contributed by atoms with Gasteiger partial charge in [-0.2, -0.15) is 0 Å². The average Bonchev–Trinajstić information content (AvgIpc) is 3.00. The Hall–Kier alpha value is -0.120. The molecular weight excluding hydrogens is 260 g/mol. The van der Waals surface area contributed by atoms with Crippen molar-refractivity contribution in [2.75, 3.05) is 20.2 Å². The lowest BCUT2D eigenvalue weighted by Crippen LogP contribution is -2.51. The summed E-state index contributed by atoms with van der Waals surface area (Å²) in [5, 5.41) is 13.4. The zero-order valence-corrected chi connectivity index (χ0v) is 14.1. The number of hydrogen-bond acceptors (Lipinski definition) is 3. The van der Waals surface area contributed by atoms with Crippen molar-refractivity contribution in [1.82, 2.24) is 10.2 Å². The Labute approximate surface area is 130 Å². The van der Waals surface area contributed by atoms with Crippen molar-refractivity contribution in [3.05, 3.63) is 0 Å². The molecule has 122 valence electrons. The van der Waals surface area contributed by atoms with Crippen LogP contribution in [0, 0.1) is 17.8 Å². The van der Waals surface area contributed by atoms with Gasteiger partial charge in [0.2, 0.25) is 0 Å². The smallest absolute Gasteiger partial charge is 0.0611 e. The van der Waals surface area contributed by atoms with Crippen molar-refractivity contribution in [2.45, 2.75) is 76.4 Å². The lowest BCUT2D eigenvalue weighted by molar-refractivity contribution is 0.110. The zero-order valence-electron chi connectivity index (χ0n) is 14.1. The molecule has 0 saturated heterocycles. The average molecular weight is 294 g/mol. The maximum Gasteiger partial charge on any atom is 0.0611 e. The molecule has 2 N–H and O–H groups in total. The van der Waals surface area contributed by atoms with Gasteiger partial charge in [-0.1, -0.05) is 6.42 Å². The van der Waals surface area contributed by atoms with E-state index in [0.29, 0.717) is 12.1 Å². The summed E-state index contributed by atoms with van der Waals surface area (Å²) in [5.41, 5.74) is -0.108. The first-order chi connectivity index (χ1) is 9.99. The number of hydrogen-bond donors (Lipinski definition) is 2. The fraction of sp³-hybridized carbons (Fsp3) is 1.00. The van der Waals surface area contributed by atoms with Crippen molar-refractivity contribution in [1.29, 1.82) is 0 Å². The molecule has 3 fully saturated rings. The monoisotopic (exact) mass is 294 g/mol. The summed E-state index contributed by atoms with van der Waals surface area (Å²) in [4.78, 5) is 2.55. The van der Waals surface area contributed by atoms with Crippen LogP contribution < -0.4 is 5.32 Å². The predicted octanol–water partition coefficient (Wildman–Crippen LogP) is 2.64. The van der Waals surface area contributed by atoms with Gasteiger partial charge in [-0.15, -0.1) is 0 Å². The number of fused-ring (bicyclic) bond motifs is 2. The molecule has 0 aromatic carbocycles. The normalized spacial score (nSPS) is 36.1. The second kappa shape index (κ2) is 6.17. The quantitative estimate of drug-likeness (QED) is 0.722. The van der Waals surface area contributed by atoms with Crippen LogP contribution in [0.25, 0.3) is 0 Å². The molecule has 0 aromatic rings. The Kier molecular flexibility index (Phi) is 4.63. The third-order valence-corrected chi connectivity index (χ3v) is 6.38. The fourth-order valence-electron chi connectivity index (χ4n) is 4.85. The lowest BCUT2D eigenvalue weighted by atomic mass is 9.87. The maximum atomic E-state index is 9.78. The lowest BCUT2D eigenvalue weighted by Gasteiger charge is -2.37. The summed E-state index contributed by atoms with van der Waals surface area (Å²) in [7, 11) is 2.28. The van der Waals surface area contributed by atoms with Crippen molar-refractivity contribution in [3.8, 4) is 0 Å². The molecule has 3 nitrogen and oxygen atoms in total. The molecule has 0 aromatic heterocycles. The van der Waals surface area contributed by atoms with Crippen LogP contribution in [0.3, 0.4) is 0 Å². The molecule has 3 aliphatic carbocycles. The number of aliphatic hydroxyl groups is 1. The van der Waals surface area contributed by atoms with Crippen LogP contribution in [0.4, 0.5) is 0 Å². The van der Waals surface area contributed by atoms with Gasteiger partial charge in [0.05, 0.1) is 6.61 Å². The van der Waals surface area contributed by atoms with Crippen LogP contribution in [-0.2, 0) is 0 Å². The Bertz CT molecular complexity index is 357. The number of aliphatic hydroxyl groups excluding tert-OH is 1. The first-order valence-electron chi connectivity index (χ1n) is 9.08. The van der Waals surface area contributed by atoms with E-state index in [-0.39, 0.29) is 12.1 Å². The van der Waals surface area contributed by atoms with Crippen molar-refractivity contribution in [3.63, 3.8) is 0 Å². The summed E-state index contributed by atoms with van der Waals surface area (Å²) < 4.78 is 0. The number of rotatable bonds is 8. The van der Waals surface area contributed by atoms with Gasteiger partial charge in [0.1, 0.15) is 0 Å².